The normalized spacial score (nSPS) is 20.3. The number of nitrogens with one attached hydrogen (secondary N) is 1. The van der Waals surface area contributed by atoms with Gasteiger partial charge in [-0.05, 0) is 55.8 Å². The maximum absolute atomic E-state index is 6.39. The summed E-state index contributed by atoms with van der Waals surface area (Å²) in [5, 5.41) is 2.19. The number of rotatable bonds is 4. The van der Waals surface area contributed by atoms with Crippen LogP contribution in [0.2, 0.25) is 0 Å². The minimum absolute atomic E-state index is 0.103. The Morgan fingerprint density at radius 3 is 2.38 bits per heavy atom. The van der Waals surface area contributed by atoms with E-state index in [1.165, 1.54) is 5.56 Å². The second-order valence-corrected chi connectivity index (χ2v) is 7.65. The molecule has 0 saturated carbocycles. The summed E-state index contributed by atoms with van der Waals surface area (Å²) in [4.78, 5) is 0. The maximum Gasteiger partial charge on any atom is 0.195 e. The molecule has 5 rings (SSSR count). The molecule has 0 saturated heterocycles. The lowest BCUT2D eigenvalue weighted by molar-refractivity contribution is -0.0326. The number of hydrogen-bond acceptors (Lipinski definition) is 4. The number of benzene rings is 3. The first-order valence-electron chi connectivity index (χ1n) is 10.0. The zero-order valence-electron chi connectivity index (χ0n) is 16.6. The molecular weight excluding hydrogens is 360 g/mol. The van der Waals surface area contributed by atoms with Crippen molar-refractivity contribution in [3.63, 3.8) is 0 Å². The molecule has 1 N–H and O–H groups in total. The molecule has 3 aromatic carbocycles. The van der Waals surface area contributed by atoms with Gasteiger partial charge in [0.2, 0.25) is 0 Å². The molecule has 0 fully saturated rings. The van der Waals surface area contributed by atoms with Gasteiger partial charge in [-0.1, -0.05) is 48.5 Å². The van der Waals surface area contributed by atoms with Gasteiger partial charge in [0, 0.05) is 11.1 Å². The molecule has 4 heteroatoms. The van der Waals surface area contributed by atoms with Crippen LogP contribution in [0.4, 0.5) is 0 Å². The fraction of sp³-hybridized carbons (Fsp3) is 0.200. The summed E-state index contributed by atoms with van der Waals surface area (Å²) in [5.41, 5.74) is 8.08. The standard InChI is InChI=1S/C25H24N2O2/c1-17(2)28-20-14-12-18(13-15-20)22-16-23-21-10-6-7-11-24(21)29-25(27(23)26-22)19-8-4-3-5-9-19/h3-17,23,25-26H,1-2H3/t23-,25+/m1/s1. The van der Waals surface area contributed by atoms with Crippen molar-refractivity contribution in [2.75, 3.05) is 0 Å². The van der Waals surface area contributed by atoms with Crippen molar-refractivity contribution in [3.8, 4) is 11.5 Å². The van der Waals surface area contributed by atoms with E-state index in [9.17, 15) is 0 Å². The first kappa shape index (κ1) is 17.8. The zero-order valence-corrected chi connectivity index (χ0v) is 16.6. The van der Waals surface area contributed by atoms with Crippen molar-refractivity contribution >= 4 is 5.70 Å². The number of nitrogens with zero attached hydrogens (tertiary/aromatic N) is 1. The van der Waals surface area contributed by atoms with E-state index in [0.717, 1.165) is 28.3 Å². The Kier molecular flexibility index (Phi) is 4.49. The van der Waals surface area contributed by atoms with Gasteiger partial charge in [0.15, 0.2) is 6.23 Å². The molecule has 0 spiro atoms. The molecule has 0 radical (unpaired) electrons. The molecule has 3 aromatic rings. The predicted molar refractivity (Wildman–Crippen MR) is 114 cm³/mol. The molecule has 2 heterocycles. The molecule has 0 aliphatic carbocycles. The minimum Gasteiger partial charge on any atom is -0.491 e. The van der Waals surface area contributed by atoms with Gasteiger partial charge in [0.25, 0.3) is 0 Å². The van der Waals surface area contributed by atoms with Gasteiger partial charge in [0.1, 0.15) is 11.5 Å². The van der Waals surface area contributed by atoms with Gasteiger partial charge in [-0.2, -0.15) is 5.01 Å². The van der Waals surface area contributed by atoms with Crippen molar-refractivity contribution in [1.29, 1.82) is 0 Å². The molecule has 146 valence electrons. The number of hydrazine groups is 1. The lowest BCUT2D eigenvalue weighted by atomic mass is 10.0. The number of fused-ring (bicyclic) bond motifs is 3. The molecule has 0 unspecified atom stereocenters. The topological polar surface area (TPSA) is 33.7 Å². The van der Waals surface area contributed by atoms with Crippen molar-refractivity contribution in [2.45, 2.75) is 32.2 Å². The SMILES string of the molecule is CC(C)Oc1ccc(C2=C[C@@H]3c4ccccc4O[C@@H](c4ccccc4)N3N2)cc1. The van der Waals surface area contributed by atoms with Crippen molar-refractivity contribution in [3.05, 3.63) is 102 Å². The quantitative estimate of drug-likeness (QED) is 0.647. The fourth-order valence-corrected chi connectivity index (χ4v) is 3.93. The molecule has 2 atom stereocenters. The second-order valence-electron chi connectivity index (χ2n) is 7.65. The van der Waals surface area contributed by atoms with Crippen LogP contribution >= 0.6 is 0 Å². The van der Waals surface area contributed by atoms with Gasteiger partial charge in [0.05, 0.1) is 17.8 Å². The van der Waals surface area contributed by atoms with E-state index in [-0.39, 0.29) is 18.4 Å². The Balaban J connectivity index is 1.49. The third-order valence-electron chi connectivity index (χ3n) is 5.22. The highest BCUT2D eigenvalue weighted by Crippen LogP contribution is 2.45. The summed E-state index contributed by atoms with van der Waals surface area (Å²) in [6, 6.07) is 26.9. The number of para-hydroxylation sites is 1. The summed E-state index contributed by atoms with van der Waals surface area (Å²) in [7, 11) is 0. The Hall–Kier alpha value is -3.24. The minimum atomic E-state index is -0.201. The van der Waals surface area contributed by atoms with Crippen LogP contribution in [0.15, 0.2) is 84.9 Å². The first-order valence-corrected chi connectivity index (χ1v) is 10.0. The van der Waals surface area contributed by atoms with E-state index >= 15 is 0 Å². The smallest absolute Gasteiger partial charge is 0.195 e. The largest absolute Gasteiger partial charge is 0.491 e. The van der Waals surface area contributed by atoms with E-state index in [2.05, 4.69) is 52.9 Å². The van der Waals surface area contributed by atoms with Crippen LogP contribution in [-0.4, -0.2) is 11.1 Å². The van der Waals surface area contributed by atoms with E-state index in [0.29, 0.717) is 0 Å². The molecular formula is C25H24N2O2. The van der Waals surface area contributed by atoms with Gasteiger partial charge in [-0.3, -0.25) is 0 Å². The van der Waals surface area contributed by atoms with Crippen LogP contribution in [0.25, 0.3) is 5.70 Å². The zero-order chi connectivity index (χ0) is 19.8. The average Bonchev–Trinajstić information content (AvgIpc) is 3.19. The third kappa shape index (κ3) is 3.36. The highest BCUT2D eigenvalue weighted by atomic mass is 16.5. The Morgan fingerprint density at radius 1 is 0.897 bits per heavy atom. The Bertz CT molecular complexity index is 1030. The van der Waals surface area contributed by atoms with E-state index in [4.69, 9.17) is 9.47 Å². The molecule has 29 heavy (non-hydrogen) atoms. The first-order chi connectivity index (χ1) is 14.2. The lowest BCUT2D eigenvalue weighted by Gasteiger charge is -2.38. The second kappa shape index (κ2) is 7.30. The maximum atomic E-state index is 6.39. The molecule has 4 nitrogen and oxygen atoms in total. The summed E-state index contributed by atoms with van der Waals surface area (Å²) < 4.78 is 12.2. The third-order valence-corrected chi connectivity index (χ3v) is 5.22. The lowest BCUT2D eigenvalue weighted by Crippen LogP contribution is -2.43. The molecule has 0 amide bonds. The van der Waals surface area contributed by atoms with Crippen molar-refractivity contribution < 1.29 is 9.47 Å². The molecule has 2 aliphatic heterocycles. The van der Waals surface area contributed by atoms with Crippen LogP contribution in [0.3, 0.4) is 0 Å². The summed E-state index contributed by atoms with van der Waals surface area (Å²) in [5.74, 6) is 1.82. The van der Waals surface area contributed by atoms with Gasteiger partial charge in [-0.25, -0.2) is 0 Å². The van der Waals surface area contributed by atoms with E-state index in [1.807, 2.05) is 56.3 Å². The van der Waals surface area contributed by atoms with Crippen LogP contribution in [0.1, 0.15) is 42.8 Å². The highest BCUT2D eigenvalue weighted by Gasteiger charge is 2.39. The highest BCUT2D eigenvalue weighted by molar-refractivity contribution is 5.68. The van der Waals surface area contributed by atoms with Crippen molar-refractivity contribution in [2.24, 2.45) is 0 Å². The number of ether oxygens (including phenoxy) is 2. The molecule has 0 aromatic heterocycles. The number of hydrogen-bond donors (Lipinski definition) is 1. The molecule has 2 aliphatic rings. The Morgan fingerprint density at radius 2 is 1.62 bits per heavy atom. The molecule has 0 bridgehead atoms. The summed E-state index contributed by atoms with van der Waals surface area (Å²) >= 11 is 0. The van der Waals surface area contributed by atoms with Crippen LogP contribution in [-0.2, 0) is 0 Å². The Labute approximate surface area is 171 Å². The summed E-state index contributed by atoms with van der Waals surface area (Å²) in [6.07, 6.45) is 2.24. The van der Waals surface area contributed by atoms with Gasteiger partial charge >= 0.3 is 0 Å². The van der Waals surface area contributed by atoms with Crippen LogP contribution < -0.4 is 14.9 Å². The van der Waals surface area contributed by atoms with Crippen LogP contribution in [0, 0.1) is 0 Å². The predicted octanol–water partition coefficient (Wildman–Crippen LogP) is 5.47. The van der Waals surface area contributed by atoms with Gasteiger partial charge < -0.3 is 14.9 Å². The van der Waals surface area contributed by atoms with Gasteiger partial charge in [-0.15, -0.1) is 0 Å². The average molecular weight is 384 g/mol. The monoisotopic (exact) mass is 384 g/mol. The van der Waals surface area contributed by atoms with E-state index < -0.39 is 0 Å². The van der Waals surface area contributed by atoms with Crippen LogP contribution in [0.5, 0.6) is 11.5 Å². The van der Waals surface area contributed by atoms with Crippen molar-refractivity contribution in [1.82, 2.24) is 10.4 Å². The fourth-order valence-electron chi connectivity index (χ4n) is 3.93. The summed E-state index contributed by atoms with van der Waals surface area (Å²) in [6.45, 7) is 4.07. The van der Waals surface area contributed by atoms with E-state index in [1.54, 1.807) is 0 Å².